The van der Waals surface area contributed by atoms with Gasteiger partial charge in [-0.05, 0) is 66.5 Å². The Labute approximate surface area is 210 Å². The average molecular weight is 464 g/mol. The third kappa shape index (κ3) is 3.64. The minimum Gasteiger partial charge on any atom is -0.258 e. The van der Waals surface area contributed by atoms with Crippen molar-refractivity contribution in [3.8, 4) is 0 Å². The van der Waals surface area contributed by atoms with E-state index in [0.717, 1.165) is 71.0 Å². The molecule has 0 spiro atoms. The van der Waals surface area contributed by atoms with Crippen LogP contribution in [0.3, 0.4) is 0 Å². The van der Waals surface area contributed by atoms with Gasteiger partial charge >= 0.3 is 0 Å². The Kier molecular flexibility index (Phi) is 5.06. The standard InChI is InChI=1S/C33H25N3/c1-3-16-29-22(8-1)18-20-25-12-7-13-26(34-25)21-19-23-9-2-4-17-30(23)36-33-28-15-6-11-24-10-5-14-27(31(24)28)32(33)35-29/h1-17H,18-21H2. The van der Waals surface area contributed by atoms with Crippen LogP contribution in [-0.2, 0) is 25.7 Å². The number of aliphatic imine (C=N–C) groups is 2. The number of benzene rings is 4. The summed E-state index contributed by atoms with van der Waals surface area (Å²) in [5.74, 6) is 0. The van der Waals surface area contributed by atoms with Crippen LogP contribution in [0.5, 0.6) is 0 Å². The van der Waals surface area contributed by atoms with Gasteiger partial charge in [0.15, 0.2) is 0 Å². The number of para-hydroxylation sites is 2. The highest BCUT2D eigenvalue weighted by molar-refractivity contribution is 6.61. The molecule has 0 saturated carbocycles. The first kappa shape index (κ1) is 21.0. The molecule has 3 nitrogen and oxygen atoms in total. The first-order valence-corrected chi connectivity index (χ1v) is 12.6. The zero-order valence-electron chi connectivity index (χ0n) is 20.0. The highest BCUT2D eigenvalue weighted by Gasteiger charge is 2.27. The van der Waals surface area contributed by atoms with Gasteiger partial charge in [0, 0.05) is 27.9 Å². The van der Waals surface area contributed by atoms with Gasteiger partial charge in [0.25, 0.3) is 0 Å². The lowest BCUT2D eigenvalue weighted by Crippen LogP contribution is -2.10. The van der Waals surface area contributed by atoms with E-state index in [-0.39, 0.29) is 0 Å². The van der Waals surface area contributed by atoms with E-state index in [1.807, 2.05) is 0 Å². The van der Waals surface area contributed by atoms with Crippen molar-refractivity contribution in [2.75, 3.05) is 0 Å². The maximum absolute atomic E-state index is 5.32. The van der Waals surface area contributed by atoms with E-state index in [1.54, 1.807) is 0 Å². The van der Waals surface area contributed by atoms with Crippen LogP contribution in [-0.4, -0.2) is 16.4 Å². The van der Waals surface area contributed by atoms with E-state index < -0.39 is 0 Å². The van der Waals surface area contributed by atoms with Crippen LogP contribution in [0, 0.1) is 0 Å². The molecule has 4 aromatic carbocycles. The molecule has 0 atom stereocenters. The summed E-state index contributed by atoms with van der Waals surface area (Å²) < 4.78 is 0. The van der Waals surface area contributed by atoms with Gasteiger partial charge in [-0.1, -0.05) is 78.9 Å². The third-order valence-electron chi connectivity index (χ3n) is 7.25. The number of hydrogen-bond acceptors (Lipinski definition) is 3. The Bertz CT molecular complexity index is 1580. The van der Waals surface area contributed by atoms with E-state index >= 15 is 0 Å². The summed E-state index contributed by atoms with van der Waals surface area (Å²) in [4.78, 5) is 15.6. The van der Waals surface area contributed by atoms with Crippen molar-refractivity contribution in [2.45, 2.75) is 25.7 Å². The number of nitrogens with zero attached hydrogens (tertiary/aromatic N) is 3. The Hall–Kier alpha value is -4.37. The van der Waals surface area contributed by atoms with Crippen molar-refractivity contribution in [1.82, 2.24) is 4.98 Å². The molecule has 0 amide bonds. The smallest absolute Gasteiger partial charge is 0.0978 e. The molecule has 2 bridgehead atoms. The first-order chi connectivity index (χ1) is 17.8. The Morgan fingerprint density at radius 1 is 0.444 bits per heavy atom. The summed E-state index contributed by atoms with van der Waals surface area (Å²) in [7, 11) is 0. The molecule has 36 heavy (non-hydrogen) atoms. The van der Waals surface area contributed by atoms with E-state index in [2.05, 4.69) is 103 Å². The summed E-state index contributed by atoms with van der Waals surface area (Å²) in [5.41, 5.74) is 11.0. The second-order valence-electron chi connectivity index (χ2n) is 9.51. The van der Waals surface area contributed by atoms with E-state index in [0.29, 0.717) is 0 Å². The lowest BCUT2D eigenvalue weighted by atomic mass is 10.0. The molecule has 3 heteroatoms. The Morgan fingerprint density at radius 3 is 1.50 bits per heavy atom. The molecule has 0 fully saturated rings. The van der Waals surface area contributed by atoms with Gasteiger partial charge in [0.2, 0.25) is 0 Å². The molecular weight excluding hydrogens is 438 g/mol. The number of hydrogen-bond donors (Lipinski definition) is 0. The van der Waals surface area contributed by atoms with Crippen LogP contribution in [0.15, 0.2) is 113 Å². The van der Waals surface area contributed by atoms with Gasteiger partial charge in [-0.15, -0.1) is 0 Å². The number of rotatable bonds is 0. The van der Waals surface area contributed by atoms with Crippen molar-refractivity contribution in [1.29, 1.82) is 0 Å². The van der Waals surface area contributed by atoms with E-state index in [1.165, 1.54) is 21.9 Å². The van der Waals surface area contributed by atoms with Crippen molar-refractivity contribution in [2.24, 2.45) is 9.98 Å². The molecule has 5 aromatic rings. The maximum atomic E-state index is 5.32. The fourth-order valence-electron chi connectivity index (χ4n) is 5.45. The van der Waals surface area contributed by atoms with E-state index in [4.69, 9.17) is 15.0 Å². The highest BCUT2D eigenvalue weighted by Crippen LogP contribution is 2.35. The van der Waals surface area contributed by atoms with Crippen LogP contribution in [0.1, 0.15) is 33.6 Å². The molecule has 2 heterocycles. The SMILES string of the molecule is c1cc2nc(c1)CCc1ccccc1N=C1C(=Nc3ccccc3CC2)c2cccc3cccc1c23. The second-order valence-corrected chi connectivity index (χ2v) is 9.51. The monoisotopic (exact) mass is 463 g/mol. The molecule has 0 saturated heterocycles. The van der Waals surface area contributed by atoms with Crippen LogP contribution in [0.25, 0.3) is 10.8 Å². The minimum atomic E-state index is 0.892. The quantitative estimate of drug-likeness (QED) is 0.236. The zero-order chi connectivity index (χ0) is 23.9. The summed E-state index contributed by atoms with van der Waals surface area (Å²) in [6, 6.07) is 36.4. The molecule has 1 aromatic heterocycles. The zero-order valence-corrected chi connectivity index (χ0v) is 20.0. The lowest BCUT2D eigenvalue weighted by Gasteiger charge is -2.09. The Morgan fingerprint density at radius 2 is 0.944 bits per heavy atom. The minimum absolute atomic E-state index is 0.892. The normalized spacial score (nSPS) is 14.6. The van der Waals surface area contributed by atoms with Gasteiger partial charge in [-0.2, -0.15) is 0 Å². The molecule has 1 aliphatic carbocycles. The van der Waals surface area contributed by atoms with Crippen LogP contribution in [0.4, 0.5) is 11.4 Å². The van der Waals surface area contributed by atoms with Gasteiger partial charge in [0.1, 0.15) is 0 Å². The third-order valence-corrected chi connectivity index (χ3v) is 7.25. The fraction of sp³-hybridized carbons (Fsp3) is 0.121. The number of aryl methyl sites for hydroxylation is 4. The predicted octanol–water partition coefficient (Wildman–Crippen LogP) is 7.37. The summed E-state index contributed by atoms with van der Waals surface area (Å²) >= 11 is 0. The van der Waals surface area contributed by atoms with Gasteiger partial charge in [0.05, 0.1) is 22.8 Å². The highest BCUT2D eigenvalue weighted by atomic mass is 14.8. The van der Waals surface area contributed by atoms with Gasteiger partial charge < -0.3 is 0 Å². The maximum Gasteiger partial charge on any atom is 0.0978 e. The predicted molar refractivity (Wildman–Crippen MR) is 148 cm³/mol. The molecule has 2 aliphatic rings. The summed E-state index contributed by atoms with van der Waals surface area (Å²) in [6.45, 7) is 0. The second kappa shape index (κ2) is 8.69. The van der Waals surface area contributed by atoms with Gasteiger partial charge in [-0.25, -0.2) is 9.98 Å². The first-order valence-electron chi connectivity index (χ1n) is 12.6. The number of aromatic nitrogens is 1. The summed E-state index contributed by atoms with van der Waals surface area (Å²) in [5, 5.41) is 2.47. The van der Waals surface area contributed by atoms with E-state index in [9.17, 15) is 0 Å². The molecular formula is C33H25N3. The topological polar surface area (TPSA) is 37.6 Å². The number of pyridine rings is 1. The molecule has 0 N–H and O–H groups in total. The molecule has 0 radical (unpaired) electrons. The number of fused-ring (bicyclic) bond motifs is 7. The van der Waals surface area contributed by atoms with Crippen LogP contribution in [0.2, 0.25) is 0 Å². The average Bonchev–Trinajstić information content (AvgIpc) is 3.21. The van der Waals surface area contributed by atoms with Crippen LogP contribution >= 0.6 is 0 Å². The van der Waals surface area contributed by atoms with Crippen molar-refractivity contribution in [3.05, 3.63) is 137 Å². The fourth-order valence-corrected chi connectivity index (χ4v) is 5.45. The van der Waals surface area contributed by atoms with Gasteiger partial charge in [-0.3, -0.25) is 4.98 Å². The van der Waals surface area contributed by atoms with Crippen LogP contribution < -0.4 is 0 Å². The molecule has 1 aliphatic heterocycles. The molecule has 172 valence electrons. The lowest BCUT2D eigenvalue weighted by molar-refractivity contribution is 0.857. The van der Waals surface area contributed by atoms with Crippen molar-refractivity contribution < 1.29 is 0 Å². The van der Waals surface area contributed by atoms with Crippen molar-refractivity contribution in [3.63, 3.8) is 0 Å². The summed E-state index contributed by atoms with van der Waals surface area (Å²) in [6.07, 6.45) is 3.58. The molecule has 7 rings (SSSR count). The van der Waals surface area contributed by atoms with Crippen molar-refractivity contribution >= 4 is 33.6 Å². The Balaban J connectivity index is 1.50. The largest absolute Gasteiger partial charge is 0.258 e. The molecule has 0 unspecified atom stereocenters.